The number of carbonyl (C=O) groups is 1. The van der Waals surface area contributed by atoms with Crippen molar-refractivity contribution in [3.63, 3.8) is 0 Å². The molecule has 28 heavy (non-hydrogen) atoms. The number of hydrogen-bond acceptors (Lipinski definition) is 5. The van der Waals surface area contributed by atoms with Gasteiger partial charge in [0, 0.05) is 18.0 Å². The van der Waals surface area contributed by atoms with Gasteiger partial charge in [-0.3, -0.25) is 14.7 Å². The van der Waals surface area contributed by atoms with Gasteiger partial charge in [-0.1, -0.05) is 41.7 Å². The van der Waals surface area contributed by atoms with Crippen molar-refractivity contribution < 1.29 is 9.53 Å². The lowest BCUT2D eigenvalue weighted by Crippen LogP contribution is -2.30. The van der Waals surface area contributed by atoms with Crippen LogP contribution in [0.5, 0.6) is 5.75 Å². The summed E-state index contributed by atoms with van der Waals surface area (Å²) in [6, 6.07) is 17.0. The van der Waals surface area contributed by atoms with Crippen molar-refractivity contribution in [2.45, 2.75) is 13.5 Å². The molecule has 5 nitrogen and oxygen atoms in total. The zero-order valence-corrected chi connectivity index (χ0v) is 16.4. The van der Waals surface area contributed by atoms with E-state index < -0.39 is 0 Å². The van der Waals surface area contributed by atoms with Crippen LogP contribution in [0.25, 0.3) is 10.2 Å². The average molecular weight is 389 g/mol. The average Bonchev–Trinajstić information content (AvgIpc) is 3.19. The Bertz CT molecular complexity index is 1110. The van der Waals surface area contributed by atoms with Gasteiger partial charge in [0.05, 0.1) is 18.4 Å². The highest BCUT2D eigenvalue weighted by Gasteiger charge is 2.23. The van der Waals surface area contributed by atoms with Crippen LogP contribution in [0.15, 0.2) is 67.0 Å². The molecule has 0 fully saturated rings. The zero-order valence-electron chi connectivity index (χ0n) is 15.6. The lowest BCUT2D eigenvalue weighted by atomic mass is 10.2. The fraction of sp³-hybridized carbons (Fsp3) is 0.136. The van der Waals surface area contributed by atoms with Crippen molar-refractivity contribution >= 4 is 32.6 Å². The van der Waals surface area contributed by atoms with Crippen molar-refractivity contribution in [3.05, 3.63) is 83.7 Å². The lowest BCUT2D eigenvalue weighted by Gasteiger charge is -2.20. The van der Waals surface area contributed by atoms with Crippen molar-refractivity contribution in [2.75, 3.05) is 12.0 Å². The second-order valence-electron chi connectivity index (χ2n) is 6.38. The van der Waals surface area contributed by atoms with E-state index in [4.69, 9.17) is 9.72 Å². The van der Waals surface area contributed by atoms with Crippen molar-refractivity contribution in [3.8, 4) is 5.75 Å². The summed E-state index contributed by atoms with van der Waals surface area (Å²) >= 11 is 1.50. The first-order chi connectivity index (χ1) is 13.7. The number of carbonyl (C=O) groups excluding carboxylic acids is 1. The highest BCUT2D eigenvalue weighted by molar-refractivity contribution is 7.22. The van der Waals surface area contributed by atoms with Crippen LogP contribution in [0.3, 0.4) is 0 Å². The number of nitrogens with zero attached hydrogens (tertiary/aromatic N) is 3. The standard InChI is InChI=1S/C22H19N3O2S/c1-15-10-11-18(27-2)19-20(15)28-22(24-19)25(14-16-7-6-12-23-13-16)21(26)17-8-4-3-5-9-17/h3-13H,14H2,1-2H3. The molecule has 0 unspecified atom stereocenters. The summed E-state index contributed by atoms with van der Waals surface area (Å²) in [5.41, 5.74) is 3.44. The summed E-state index contributed by atoms with van der Waals surface area (Å²) in [4.78, 5) is 23.9. The third-order valence-corrected chi connectivity index (χ3v) is 5.69. The predicted molar refractivity (Wildman–Crippen MR) is 112 cm³/mol. The molecule has 0 aliphatic heterocycles. The Hall–Kier alpha value is -3.25. The normalized spacial score (nSPS) is 10.8. The molecular weight excluding hydrogens is 370 g/mol. The number of methoxy groups -OCH3 is 1. The molecule has 2 heterocycles. The third kappa shape index (κ3) is 3.46. The number of aryl methyl sites for hydroxylation is 1. The number of rotatable bonds is 5. The molecule has 1 amide bonds. The van der Waals surface area contributed by atoms with Gasteiger partial charge < -0.3 is 4.74 Å². The minimum atomic E-state index is -0.0971. The Morgan fingerprint density at radius 3 is 2.64 bits per heavy atom. The van der Waals surface area contributed by atoms with E-state index in [1.165, 1.54) is 11.3 Å². The fourth-order valence-electron chi connectivity index (χ4n) is 3.02. The molecule has 140 valence electrons. The number of fused-ring (bicyclic) bond motifs is 1. The molecule has 0 bridgehead atoms. The zero-order chi connectivity index (χ0) is 19.5. The number of benzene rings is 2. The summed E-state index contributed by atoms with van der Waals surface area (Å²) in [6.45, 7) is 2.43. The Morgan fingerprint density at radius 2 is 1.93 bits per heavy atom. The molecule has 0 N–H and O–H groups in total. The minimum absolute atomic E-state index is 0.0971. The largest absolute Gasteiger partial charge is 0.494 e. The maximum Gasteiger partial charge on any atom is 0.260 e. The Labute approximate surface area is 167 Å². The van der Waals surface area contributed by atoms with Crippen LogP contribution in [0, 0.1) is 6.92 Å². The van der Waals surface area contributed by atoms with Gasteiger partial charge >= 0.3 is 0 Å². The van der Waals surface area contributed by atoms with Crippen LogP contribution in [0.4, 0.5) is 5.13 Å². The lowest BCUT2D eigenvalue weighted by molar-refractivity contribution is 0.0985. The van der Waals surface area contributed by atoms with Gasteiger partial charge in [0.15, 0.2) is 5.13 Å². The van der Waals surface area contributed by atoms with Crippen LogP contribution < -0.4 is 9.64 Å². The molecule has 0 atom stereocenters. The molecule has 0 radical (unpaired) electrons. The highest BCUT2D eigenvalue weighted by atomic mass is 32.1. The SMILES string of the molecule is COc1ccc(C)c2sc(N(Cc3cccnc3)C(=O)c3ccccc3)nc12. The van der Waals surface area contributed by atoms with Gasteiger partial charge in [-0.15, -0.1) is 0 Å². The van der Waals surface area contributed by atoms with E-state index in [0.717, 1.165) is 21.3 Å². The number of amides is 1. The second-order valence-corrected chi connectivity index (χ2v) is 7.36. The molecule has 0 spiro atoms. The number of pyridine rings is 1. The first-order valence-corrected chi connectivity index (χ1v) is 9.69. The highest BCUT2D eigenvalue weighted by Crippen LogP contribution is 2.37. The first kappa shape index (κ1) is 18.1. The van der Waals surface area contributed by atoms with Gasteiger partial charge in [-0.05, 0) is 42.3 Å². The van der Waals surface area contributed by atoms with Crippen molar-refractivity contribution in [1.29, 1.82) is 0 Å². The smallest absolute Gasteiger partial charge is 0.260 e. The summed E-state index contributed by atoms with van der Waals surface area (Å²) in [6.07, 6.45) is 3.49. The fourth-order valence-corrected chi connectivity index (χ4v) is 4.06. The molecule has 2 aromatic heterocycles. The quantitative estimate of drug-likeness (QED) is 0.489. The first-order valence-electron chi connectivity index (χ1n) is 8.87. The van der Waals surface area contributed by atoms with E-state index in [1.54, 1.807) is 24.4 Å². The summed E-state index contributed by atoms with van der Waals surface area (Å²) < 4.78 is 6.49. The molecule has 0 saturated heterocycles. The van der Waals surface area contributed by atoms with E-state index in [-0.39, 0.29) is 5.91 Å². The van der Waals surface area contributed by atoms with E-state index in [2.05, 4.69) is 4.98 Å². The molecule has 0 aliphatic rings. The topological polar surface area (TPSA) is 55.3 Å². The Kier molecular flexibility index (Phi) is 5.04. The van der Waals surface area contributed by atoms with E-state index >= 15 is 0 Å². The van der Waals surface area contributed by atoms with Gasteiger partial charge in [-0.25, -0.2) is 4.98 Å². The molecule has 0 aliphatic carbocycles. The molecule has 4 rings (SSSR count). The summed E-state index contributed by atoms with van der Waals surface area (Å²) in [7, 11) is 1.63. The Morgan fingerprint density at radius 1 is 1.11 bits per heavy atom. The molecule has 4 aromatic rings. The van der Waals surface area contributed by atoms with Crippen LogP contribution >= 0.6 is 11.3 Å². The molecular formula is C22H19N3O2S. The molecule has 2 aromatic carbocycles. The Balaban J connectivity index is 1.82. The van der Waals surface area contributed by atoms with Crippen LogP contribution in [-0.4, -0.2) is 23.0 Å². The second kappa shape index (κ2) is 7.78. The maximum absolute atomic E-state index is 13.3. The number of aromatic nitrogens is 2. The molecule has 6 heteroatoms. The van der Waals surface area contributed by atoms with E-state index in [9.17, 15) is 4.79 Å². The summed E-state index contributed by atoms with van der Waals surface area (Å²) in [5.74, 6) is 0.608. The van der Waals surface area contributed by atoms with Crippen LogP contribution in [-0.2, 0) is 6.54 Å². The number of ether oxygens (including phenoxy) is 1. The predicted octanol–water partition coefficient (Wildman–Crippen LogP) is 4.86. The summed E-state index contributed by atoms with van der Waals surface area (Å²) in [5, 5.41) is 0.639. The third-order valence-electron chi connectivity index (χ3n) is 4.47. The van der Waals surface area contributed by atoms with Crippen molar-refractivity contribution in [1.82, 2.24) is 9.97 Å². The minimum Gasteiger partial charge on any atom is -0.494 e. The van der Waals surface area contributed by atoms with Gasteiger partial charge in [0.25, 0.3) is 5.91 Å². The van der Waals surface area contributed by atoms with Crippen LogP contribution in [0.2, 0.25) is 0 Å². The number of hydrogen-bond donors (Lipinski definition) is 0. The number of thiazole rings is 1. The maximum atomic E-state index is 13.3. The van der Waals surface area contributed by atoms with Crippen LogP contribution in [0.1, 0.15) is 21.5 Å². The molecule has 0 saturated carbocycles. The van der Waals surface area contributed by atoms with Gasteiger partial charge in [0.2, 0.25) is 0 Å². The van der Waals surface area contributed by atoms with E-state index in [0.29, 0.717) is 23.0 Å². The van der Waals surface area contributed by atoms with Gasteiger partial charge in [0.1, 0.15) is 11.3 Å². The number of anilines is 1. The van der Waals surface area contributed by atoms with Crippen molar-refractivity contribution in [2.24, 2.45) is 0 Å². The van der Waals surface area contributed by atoms with Gasteiger partial charge in [-0.2, -0.15) is 0 Å². The van der Waals surface area contributed by atoms with E-state index in [1.807, 2.05) is 61.5 Å². The monoisotopic (exact) mass is 389 g/mol.